The summed E-state index contributed by atoms with van der Waals surface area (Å²) in [6.45, 7) is 5.76. The van der Waals surface area contributed by atoms with Crippen LogP contribution in [0.1, 0.15) is 27.2 Å². The van der Waals surface area contributed by atoms with Crippen molar-refractivity contribution in [2.75, 3.05) is 5.73 Å². The fourth-order valence-corrected chi connectivity index (χ4v) is 3.83. The van der Waals surface area contributed by atoms with Gasteiger partial charge in [-0.25, -0.2) is 17.5 Å². The molecule has 4 nitrogen and oxygen atoms in total. The highest BCUT2D eigenvalue weighted by molar-refractivity contribution is 9.10. The zero-order chi connectivity index (χ0) is 14.8. The number of hydrogen-bond donors (Lipinski definition) is 2. The number of nitrogens with two attached hydrogens (primary N) is 1. The third kappa shape index (κ3) is 3.90. The van der Waals surface area contributed by atoms with E-state index < -0.39 is 15.8 Å². The van der Waals surface area contributed by atoms with Crippen LogP contribution in [-0.4, -0.2) is 14.5 Å². The monoisotopic (exact) mass is 352 g/mol. The Balaban J connectivity index is 3.17. The number of halogens is 2. The molecule has 0 amide bonds. The minimum absolute atomic E-state index is 0.0691. The molecular weight excluding hydrogens is 335 g/mol. The predicted octanol–water partition coefficient (Wildman–Crippen LogP) is 2.88. The highest BCUT2D eigenvalue weighted by Gasteiger charge is 2.24. The fourth-order valence-electron chi connectivity index (χ4n) is 1.73. The van der Waals surface area contributed by atoms with Crippen molar-refractivity contribution in [3.05, 3.63) is 22.4 Å². The average molecular weight is 353 g/mol. The summed E-state index contributed by atoms with van der Waals surface area (Å²) in [6, 6.07) is 1.99. The smallest absolute Gasteiger partial charge is 0.242 e. The molecular formula is C12H18BrFN2O2S. The molecule has 0 fully saturated rings. The Labute approximate surface area is 121 Å². The molecule has 7 heteroatoms. The third-order valence-electron chi connectivity index (χ3n) is 2.89. The van der Waals surface area contributed by atoms with Crippen molar-refractivity contribution in [1.82, 2.24) is 4.72 Å². The molecule has 0 aliphatic carbocycles. The Kier molecular flexibility index (Phi) is 5.34. The molecule has 0 aliphatic heterocycles. The van der Waals surface area contributed by atoms with Crippen LogP contribution in [0.15, 0.2) is 21.5 Å². The maximum absolute atomic E-state index is 13.3. The zero-order valence-electron chi connectivity index (χ0n) is 11.1. The van der Waals surface area contributed by atoms with Gasteiger partial charge in [0.1, 0.15) is 10.7 Å². The number of rotatable bonds is 5. The highest BCUT2D eigenvalue weighted by atomic mass is 79.9. The molecule has 0 saturated carbocycles. The van der Waals surface area contributed by atoms with Crippen LogP contribution in [0.5, 0.6) is 0 Å². The van der Waals surface area contributed by atoms with Gasteiger partial charge in [-0.05, 0) is 40.4 Å². The first-order valence-corrected chi connectivity index (χ1v) is 8.23. The van der Waals surface area contributed by atoms with E-state index in [0.29, 0.717) is 6.42 Å². The number of benzene rings is 1. The van der Waals surface area contributed by atoms with Gasteiger partial charge < -0.3 is 5.73 Å². The average Bonchev–Trinajstić information content (AvgIpc) is 2.30. The molecule has 0 saturated heterocycles. The van der Waals surface area contributed by atoms with Crippen LogP contribution in [0.4, 0.5) is 10.1 Å². The van der Waals surface area contributed by atoms with Crippen LogP contribution in [0.2, 0.25) is 0 Å². The van der Waals surface area contributed by atoms with E-state index in [1.165, 1.54) is 6.07 Å². The van der Waals surface area contributed by atoms with Crippen LogP contribution in [0.3, 0.4) is 0 Å². The fraction of sp³-hybridized carbons (Fsp3) is 0.500. The molecule has 0 aromatic heterocycles. The Morgan fingerprint density at radius 1 is 1.42 bits per heavy atom. The van der Waals surface area contributed by atoms with E-state index >= 15 is 0 Å². The normalized spacial score (nSPS) is 13.8. The summed E-state index contributed by atoms with van der Waals surface area (Å²) in [6.07, 6.45) is 0.666. The standard InChI is InChI=1S/C12H18BrFN2O2S/c1-4-11(7(2)3)16-19(17,18)12-5-8(13)9(14)6-10(12)15/h5-7,11,16H,4,15H2,1-3H3. The summed E-state index contributed by atoms with van der Waals surface area (Å²) in [7, 11) is -3.76. The maximum atomic E-state index is 13.3. The summed E-state index contributed by atoms with van der Waals surface area (Å²) in [5.41, 5.74) is 5.48. The lowest BCUT2D eigenvalue weighted by molar-refractivity contribution is 0.437. The molecule has 108 valence electrons. The summed E-state index contributed by atoms with van der Waals surface area (Å²) in [5, 5.41) is 0. The van der Waals surface area contributed by atoms with Crippen molar-refractivity contribution >= 4 is 31.6 Å². The largest absolute Gasteiger partial charge is 0.398 e. The van der Waals surface area contributed by atoms with Crippen molar-refractivity contribution in [3.63, 3.8) is 0 Å². The highest BCUT2D eigenvalue weighted by Crippen LogP contribution is 2.26. The number of sulfonamides is 1. The Hall–Kier alpha value is -0.660. The van der Waals surface area contributed by atoms with Gasteiger partial charge in [0.2, 0.25) is 10.0 Å². The van der Waals surface area contributed by atoms with E-state index in [0.717, 1.165) is 6.07 Å². The lowest BCUT2D eigenvalue weighted by Crippen LogP contribution is -2.38. The van der Waals surface area contributed by atoms with Crippen LogP contribution in [0.25, 0.3) is 0 Å². The number of anilines is 1. The molecule has 3 N–H and O–H groups in total. The molecule has 19 heavy (non-hydrogen) atoms. The van der Waals surface area contributed by atoms with Gasteiger partial charge in [0.15, 0.2) is 0 Å². The van der Waals surface area contributed by atoms with Crippen molar-refractivity contribution in [2.24, 2.45) is 5.92 Å². The maximum Gasteiger partial charge on any atom is 0.242 e. The van der Waals surface area contributed by atoms with Gasteiger partial charge in [0, 0.05) is 6.04 Å². The first-order chi connectivity index (χ1) is 8.69. The minimum Gasteiger partial charge on any atom is -0.398 e. The molecule has 0 heterocycles. The van der Waals surface area contributed by atoms with Gasteiger partial charge >= 0.3 is 0 Å². The summed E-state index contributed by atoms with van der Waals surface area (Å²) < 4.78 is 40.4. The summed E-state index contributed by atoms with van der Waals surface area (Å²) in [4.78, 5) is -0.111. The first kappa shape index (κ1) is 16.4. The van der Waals surface area contributed by atoms with E-state index in [1.807, 2.05) is 20.8 Å². The van der Waals surface area contributed by atoms with Crippen LogP contribution < -0.4 is 10.5 Å². The van der Waals surface area contributed by atoms with Gasteiger partial charge in [-0.1, -0.05) is 20.8 Å². The van der Waals surface area contributed by atoms with Crippen molar-refractivity contribution < 1.29 is 12.8 Å². The van der Waals surface area contributed by atoms with Crippen LogP contribution in [-0.2, 0) is 10.0 Å². The molecule has 0 aliphatic rings. The number of nitrogen functional groups attached to an aromatic ring is 1. The summed E-state index contributed by atoms with van der Waals surface area (Å²) >= 11 is 2.96. The molecule has 1 unspecified atom stereocenters. The zero-order valence-corrected chi connectivity index (χ0v) is 13.5. The number of hydrogen-bond acceptors (Lipinski definition) is 3. The van der Waals surface area contributed by atoms with E-state index in [2.05, 4.69) is 20.7 Å². The Bertz CT molecular complexity index is 561. The van der Waals surface area contributed by atoms with Crippen molar-refractivity contribution in [2.45, 2.75) is 38.1 Å². The van der Waals surface area contributed by atoms with Gasteiger partial charge in [-0.2, -0.15) is 0 Å². The Morgan fingerprint density at radius 3 is 2.47 bits per heavy atom. The topological polar surface area (TPSA) is 72.2 Å². The van der Waals surface area contributed by atoms with E-state index in [4.69, 9.17) is 5.73 Å². The molecule has 0 bridgehead atoms. The van der Waals surface area contributed by atoms with Gasteiger partial charge in [0.25, 0.3) is 0 Å². The molecule has 1 aromatic carbocycles. The van der Waals surface area contributed by atoms with E-state index in [-0.39, 0.29) is 27.0 Å². The van der Waals surface area contributed by atoms with Crippen molar-refractivity contribution in [3.8, 4) is 0 Å². The van der Waals surface area contributed by atoms with Gasteiger partial charge in [-0.15, -0.1) is 0 Å². The van der Waals surface area contributed by atoms with E-state index in [1.54, 1.807) is 0 Å². The second kappa shape index (κ2) is 6.19. The van der Waals surface area contributed by atoms with Crippen LogP contribution >= 0.6 is 15.9 Å². The Morgan fingerprint density at radius 2 is 2.00 bits per heavy atom. The lowest BCUT2D eigenvalue weighted by atomic mass is 10.0. The number of nitrogens with one attached hydrogen (secondary N) is 1. The van der Waals surface area contributed by atoms with Crippen LogP contribution in [0, 0.1) is 11.7 Å². The molecule has 0 radical (unpaired) electrons. The predicted molar refractivity (Wildman–Crippen MR) is 77.8 cm³/mol. The van der Waals surface area contributed by atoms with Crippen molar-refractivity contribution in [1.29, 1.82) is 0 Å². The lowest BCUT2D eigenvalue weighted by Gasteiger charge is -2.21. The second-order valence-corrected chi connectivity index (χ2v) is 7.22. The molecule has 1 atom stereocenters. The molecule has 0 spiro atoms. The SMILES string of the molecule is CCC(NS(=O)(=O)c1cc(Br)c(F)cc1N)C(C)C. The molecule has 1 rings (SSSR count). The first-order valence-electron chi connectivity index (χ1n) is 5.95. The second-order valence-electron chi connectivity index (χ2n) is 4.68. The third-order valence-corrected chi connectivity index (χ3v) is 5.05. The van der Waals surface area contributed by atoms with E-state index in [9.17, 15) is 12.8 Å². The quantitative estimate of drug-likeness (QED) is 0.800. The minimum atomic E-state index is -3.76. The van der Waals surface area contributed by atoms with Gasteiger partial charge in [0.05, 0.1) is 10.2 Å². The molecule has 1 aromatic rings. The summed E-state index contributed by atoms with van der Waals surface area (Å²) in [5.74, 6) is -0.433. The van der Waals surface area contributed by atoms with Gasteiger partial charge in [-0.3, -0.25) is 0 Å².